The summed E-state index contributed by atoms with van der Waals surface area (Å²) < 4.78 is 22.0. The molecule has 164 valence electrons. The number of nitrogens with one attached hydrogen (secondary N) is 1. The Labute approximate surface area is 190 Å². The van der Waals surface area contributed by atoms with Crippen molar-refractivity contribution >= 4 is 29.0 Å². The van der Waals surface area contributed by atoms with Crippen LogP contribution >= 0.6 is 11.8 Å². The normalized spacial score (nSPS) is 14.7. The van der Waals surface area contributed by atoms with Crippen molar-refractivity contribution in [1.82, 2.24) is 19.5 Å². The molecule has 0 bridgehead atoms. The van der Waals surface area contributed by atoms with Crippen LogP contribution in [0.5, 0.6) is 0 Å². The minimum atomic E-state index is -0.206. The number of rotatable bonds is 6. The van der Waals surface area contributed by atoms with Crippen LogP contribution in [0.25, 0.3) is 16.8 Å². The summed E-state index contributed by atoms with van der Waals surface area (Å²) >= 11 is 1.70. The number of thioether (sulfide) groups is 1. The number of nitrogens with zero attached hydrogens (tertiary/aromatic N) is 4. The molecule has 5 rings (SSSR count). The van der Waals surface area contributed by atoms with Gasteiger partial charge in [0.15, 0.2) is 5.65 Å². The van der Waals surface area contributed by atoms with E-state index in [4.69, 9.17) is 4.74 Å². The standard InChI is InChI=1S/C24H24FN5OS/c1-32-20-8-6-19(7-9-20)26-24-27-23-21(3-2-10-30(23)28-24)17-4-5-18(22(25)15-17)16-29-11-13-31-14-12-29/h2-10,15H,11-14,16H2,1H3,(H,26,28). The monoisotopic (exact) mass is 449 g/mol. The number of benzene rings is 2. The molecule has 0 radical (unpaired) electrons. The van der Waals surface area contributed by atoms with Crippen LogP contribution in [0.4, 0.5) is 16.0 Å². The number of ether oxygens (including phenoxy) is 1. The third kappa shape index (κ3) is 4.48. The largest absolute Gasteiger partial charge is 0.379 e. The maximum Gasteiger partial charge on any atom is 0.247 e. The van der Waals surface area contributed by atoms with Crippen molar-refractivity contribution in [2.45, 2.75) is 11.4 Å². The fraction of sp³-hybridized carbons (Fsp3) is 0.250. The molecule has 3 heterocycles. The summed E-state index contributed by atoms with van der Waals surface area (Å²) in [5.74, 6) is 0.293. The van der Waals surface area contributed by atoms with Gasteiger partial charge in [-0.25, -0.2) is 8.91 Å². The molecule has 0 atom stereocenters. The highest BCUT2D eigenvalue weighted by Gasteiger charge is 2.15. The molecule has 0 saturated carbocycles. The van der Waals surface area contributed by atoms with Gasteiger partial charge in [-0.3, -0.25) is 4.90 Å². The number of hydrogen-bond donors (Lipinski definition) is 1. The Kier molecular flexibility index (Phi) is 6.07. The van der Waals surface area contributed by atoms with Gasteiger partial charge in [0.2, 0.25) is 5.95 Å². The van der Waals surface area contributed by atoms with E-state index in [1.54, 1.807) is 22.3 Å². The third-order valence-electron chi connectivity index (χ3n) is 5.57. The van der Waals surface area contributed by atoms with Crippen molar-refractivity contribution in [2.75, 3.05) is 37.9 Å². The molecular weight excluding hydrogens is 425 g/mol. The zero-order valence-corrected chi connectivity index (χ0v) is 18.6. The molecule has 1 N–H and O–H groups in total. The molecule has 1 fully saturated rings. The SMILES string of the molecule is CSc1ccc(Nc2nc3c(-c4ccc(CN5CCOCC5)c(F)c4)cccn3n2)cc1. The Balaban J connectivity index is 1.40. The van der Waals surface area contributed by atoms with Crippen LogP contribution in [0.3, 0.4) is 0 Å². The summed E-state index contributed by atoms with van der Waals surface area (Å²) in [5.41, 5.74) is 3.90. The number of halogens is 1. The maximum absolute atomic E-state index is 14.9. The van der Waals surface area contributed by atoms with Crippen LogP contribution in [0.1, 0.15) is 5.56 Å². The second-order valence-electron chi connectivity index (χ2n) is 7.67. The first-order valence-corrected chi connectivity index (χ1v) is 11.8. The van der Waals surface area contributed by atoms with Crippen LogP contribution in [0.15, 0.2) is 65.7 Å². The molecule has 32 heavy (non-hydrogen) atoms. The molecule has 0 spiro atoms. The summed E-state index contributed by atoms with van der Waals surface area (Å²) in [6.45, 7) is 3.65. The van der Waals surface area contributed by atoms with E-state index in [9.17, 15) is 4.39 Å². The molecule has 0 amide bonds. The van der Waals surface area contributed by atoms with Gasteiger partial charge in [0, 0.05) is 47.5 Å². The van der Waals surface area contributed by atoms with Gasteiger partial charge in [-0.15, -0.1) is 16.9 Å². The number of aromatic nitrogens is 3. The Morgan fingerprint density at radius 1 is 1.09 bits per heavy atom. The van der Waals surface area contributed by atoms with E-state index in [2.05, 4.69) is 32.4 Å². The molecule has 4 aromatic rings. The van der Waals surface area contributed by atoms with Gasteiger partial charge in [0.25, 0.3) is 0 Å². The summed E-state index contributed by atoms with van der Waals surface area (Å²) in [6.07, 6.45) is 3.89. The summed E-state index contributed by atoms with van der Waals surface area (Å²) in [4.78, 5) is 8.07. The summed E-state index contributed by atoms with van der Waals surface area (Å²) in [6, 6.07) is 17.4. The van der Waals surface area contributed by atoms with Crippen molar-refractivity contribution in [1.29, 1.82) is 0 Å². The average molecular weight is 450 g/mol. The lowest BCUT2D eigenvalue weighted by Crippen LogP contribution is -2.35. The first kappa shape index (κ1) is 20.9. The lowest BCUT2D eigenvalue weighted by molar-refractivity contribution is 0.0337. The lowest BCUT2D eigenvalue weighted by atomic mass is 10.0. The molecule has 1 saturated heterocycles. The van der Waals surface area contributed by atoms with Gasteiger partial charge in [-0.1, -0.05) is 12.1 Å². The van der Waals surface area contributed by atoms with Gasteiger partial charge < -0.3 is 10.1 Å². The number of morpholine rings is 1. The first-order valence-electron chi connectivity index (χ1n) is 10.5. The van der Waals surface area contributed by atoms with Crippen molar-refractivity contribution in [3.63, 3.8) is 0 Å². The van der Waals surface area contributed by atoms with Gasteiger partial charge in [-0.2, -0.15) is 4.98 Å². The Hall–Kier alpha value is -2.94. The van der Waals surface area contributed by atoms with Gasteiger partial charge >= 0.3 is 0 Å². The van der Waals surface area contributed by atoms with Crippen molar-refractivity contribution in [3.8, 4) is 11.1 Å². The van der Waals surface area contributed by atoms with Crippen molar-refractivity contribution < 1.29 is 9.13 Å². The van der Waals surface area contributed by atoms with E-state index in [-0.39, 0.29) is 5.82 Å². The van der Waals surface area contributed by atoms with Crippen LogP contribution < -0.4 is 5.32 Å². The van der Waals surface area contributed by atoms with Crippen molar-refractivity contribution in [2.24, 2.45) is 0 Å². The highest BCUT2D eigenvalue weighted by molar-refractivity contribution is 7.98. The van der Waals surface area contributed by atoms with E-state index in [1.165, 1.54) is 4.90 Å². The molecule has 6 nitrogen and oxygen atoms in total. The Bertz CT molecular complexity index is 1220. The fourth-order valence-electron chi connectivity index (χ4n) is 3.83. The quantitative estimate of drug-likeness (QED) is 0.426. The molecule has 1 aliphatic heterocycles. The van der Waals surface area contributed by atoms with Gasteiger partial charge in [0.1, 0.15) is 5.82 Å². The average Bonchev–Trinajstić information content (AvgIpc) is 3.24. The first-order chi connectivity index (χ1) is 15.7. The second kappa shape index (κ2) is 9.28. The molecule has 2 aromatic carbocycles. The molecule has 0 aliphatic carbocycles. The lowest BCUT2D eigenvalue weighted by Gasteiger charge is -2.26. The zero-order chi connectivity index (χ0) is 21.9. The highest BCUT2D eigenvalue weighted by atomic mass is 32.2. The summed E-state index contributed by atoms with van der Waals surface area (Å²) in [5, 5.41) is 7.78. The van der Waals surface area contributed by atoms with Crippen LogP contribution in [0.2, 0.25) is 0 Å². The minimum absolute atomic E-state index is 0.206. The topological polar surface area (TPSA) is 54.7 Å². The molecule has 8 heteroatoms. The smallest absolute Gasteiger partial charge is 0.247 e. The third-order valence-corrected chi connectivity index (χ3v) is 6.31. The maximum atomic E-state index is 14.9. The van der Waals surface area contributed by atoms with E-state index >= 15 is 0 Å². The van der Waals surface area contributed by atoms with E-state index in [0.29, 0.717) is 36.9 Å². The number of hydrogen-bond acceptors (Lipinski definition) is 6. The second-order valence-corrected chi connectivity index (χ2v) is 8.55. The van der Waals surface area contributed by atoms with Crippen LogP contribution in [0, 0.1) is 5.82 Å². The fourth-order valence-corrected chi connectivity index (χ4v) is 4.24. The minimum Gasteiger partial charge on any atom is -0.379 e. The predicted octanol–water partition coefficient (Wildman–Crippen LogP) is 4.83. The van der Waals surface area contributed by atoms with Gasteiger partial charge in [-0.05, 0) is 54.3 Å². The molecule has 0 unspecified atom stereocenters. The number of anilines is 2. The Morgan fingerprint density at radius 3 is 2.66 bits per heavy atom. The highest BCUT2D eigenvalue weighted by Crippen LogP contribution is 2.27. The molecular formula is C24H24FN5OS. The predicted molar refractivity (Wildman–Crippen MR) is 126 cm³/mol. The number of fused-ring (bicyclic) bond motifs is 1. The van der Waals surface area contributed by atoms with Crippen molar-refractivity contribution in [3.05, 3.63) is 72.2 Å². The van der Waals surface area contributed by atoms with E-state index in [0.717, 1.165) is 29.9 Å². The Morgan fingerprint density at radius 2 is 1.91 bits per heavy atom. The molecule has 2 aromatic heterocycles. The molecule has 1 aliphatic rings. The zero-order valence-electron chi connectivity index (χ0n) is 17.8. The van der Waals surface area contributed by atoms with E-state index in [1.807, 2.05) is 48.9 Å². The van der Waals surface area contributed by atoms with E-state index < -0.39 is 0 Å². The van der Waals surface area contributed by atoms with Crippen LogP contribution in [-0.4, -0.2) is 52.1 Å². The van der Waals surface area contributed by atoms with Crippen LogP contribution in [-0.2, 0) is 11.3 Å². The summed E-state index contributed by atoms with van der Waals surface area (Å²) in [7, 11) is 0. The number of pyridine rings is 1. The van der Waals surface area contributed by atoms with Gasteiger partial charge in [0.05, 0.1) is 13.2 Å².